The molecule has 1 atom stereocenters. The smallest absolute Gasteiger partial charge is 0.380 e. The van der Waals surface area contributed by atoms with Crippen LogP contribution in [0.5, 0.6) is 0 Å². The van der Waals surface area contributed by atoms with Crippen LogP contribution in [0.4, 0.5) is 27.6 Å². The molecule has 8 nitrogen and oxygen atoms in total. The normalized spacial score (nSPS) is 20.9. The number of amides is 2. The summed E-state index contributed by atoms with van der Waals surface area (Å²) in [4.78, 5) is 32.8. The van der Waals surface area contributed by atoms with Gasteiger partial charge in [0.25, 0.3) is 17.4 Å². The summed E-state index contributed by atoms with van der Waals surface area (Å²) in [6.45, 7) is 4.13. The van der Waals surface area contributed by atoms with Crippen molar-refractivity contribution in [2.24, 2.45) is 0 Å². The van der Waals surface area contributed by atoms with Crippen molar-refractivity contribution in [1.82, 2.24) is 19.6 Å². The maximum absolute atomic E-state index is 13.9. The molecule has 0 saturated carbocycles. The zero-order chi connectivity index (χ0) is 31.1. The summed E-state index contributed by atoms with van der Waals surface area (Å²) in [6.07, 6.45) is -4.74. The van der Waals surface area contributed by atoms with Crippen molar-refractivity contribution in [3.8, 4) is 0 Å². The fraction of sp³-hybridized carbons (Fsp3) is 0.517. The van der Waals surface area contributed by atoms with Crippen molar-refractivity contribution in [2.45, 2.75) is 36.7 Å². The van der Waals surface area contributed by atoms with Gasteiger partial charge in [-0.3, -0.25) is 14.5 Å². The highest BCUT2D eigenvalue weighted by atomic mass is 35.5. The lowest BCUT2D eigenvalue weighted by Crippen LogP contribution is -2.62. The zero-order valence-corrected chi connectivity index (χ0v) is 24.3. The van der Waals surface area contributed by atoms with Crippen molar-refractivity contribution in [3.63, 3.8) is 0 Å². The molecule has 2 aromatic carbocycles. The van der Waals surface area contributed by atoms with Crippen LogP contribution in [0.2, 0.25) is 5.02 Å². The van der Waals surface area contributed by atoms with Gasteiger partial charge in [-0.05, 0) is 50.2 Å². The van der Waals surface area contributed by atoms with Crippen LogP contribution in [0.1, 0.15) is 28.8 Å². The van der Waals surface area contributed by atoms with Gasteiger partial charge in [0, 0.05) is 75.7 Å². The van der Waals surface area contributed by atoms with E-state index < -0.39 is 34.9 Å². The number of piperazine rings is 1. The molecule has 2 aromatic rings. The Morgan fingerprint density at radius 3 is 2.07 bits per heavy atom. The highest BCUT2D eigenvalue weighted by Crippen LogP contribution is 2.41. The van der Waals surface area contributed by atoms with Crippen LogP contribution in [-0.2, 0) is 10.4 Å². The van der Waals surface area contributed by atoms with E-state index in [0.717, 1.165) is 23.7 Å². The molecule has 0 aliphatic carbocycles. The Morgan fingerprint density at radius 2 is 1.51 bits per heavy atom. The van der Waals surface area contributed by atoms with Gasteiger partial charge in [0.15, 0.2) is 0 Å². The number of piperidine rings is 1. The van der Waals surface area contributed by atoms with Gasteiger partial charge in [-0.25, -0.2) is 8.78 Å². The molecule has 0 radical (unpaired) electrons. The number of rotatable bonds is 6. The van der Waals surface area contributed by atoms with Gasteiger partial charge >= 0.3 is 6.18 Å². The molecule has 3 aliphatic rings. The van der Waals surface area contributed by atoms with Gasteiger partial charge in [-0.2, -0.15) is 13.2 Å². The topological polar surface area (TPSA) is 79.4 Å². The number of likely N-dealkylation sites (tertiary alicyclic amines) is 2. The quantitative estimate of drug-likeness (QED) is 0.476. The number of benzene rings is 2. The Bertz CT molecular complexity index is 1340. The lowest BCUT2D eigenvalue weighted by atomic mass is 9.89. The van der Waals surface area contributed by atoms with Crippen molar-refractivity contribution >= 4 is 29.1 Å². The molecule has 0 unspecified atom stereocenters. The van der Waals surface area contributed by atoms with Gasteiger partial charge in [0.2, 0.25) is 0 Å². The van der Waals surface area contributed by atoms with Crippen molar-refractivity contribution in [1.29, 1.82) is 0 Å². The third-order valence-electron chi connectivity index (χ3n) is 8.54. The number of hydrogen-bond acceptors (Lipinski definition) is 6. The minimum atomic E-state index is -5.49. The van der Waals surface area contributed by atoms with Gasteiger partial charge < -0.3 is 25.1 Å². The SMILES string of the molecule is CN1CCN(C(=O)c2ccc(NC3CN(C4CCN(C(=O)[C@@](O)(c5cc(F)cc(F)c5)C(F)(F)F)CC4)C3)cc2Cl)CC1. The van der Waals surface area contributed by atoms with E-state index >= 15 is 0 Å². The second kappa shape index (κ2) is 12.2. The number of carbonyl (C=O) groups is 2. The molecule has 3 aliphatic heterocycles. The van der Waals surface area contributed by atoms with E-state index in [1.54, 1.807) is 17.0 Å². The molecule has 3 saturated heterocycles. The van der Waals surface area contributed by atoms with E-state index in [1.165, 1.54) is 0 Å². The monoisotopic (exact) mass is 629 g/mol. The van der Waals surface area contributed by atoms with E-state index in [2.05, 4.69) is 15.1 Å². The minimum Gasteiger partial charge on any atom is -0.380 e. The maximum Gasteiger partial charge on any atom is 0.430 e. The molecule has 0 bridgehead atoms. The maximum atomic E-state index is 13.9. The fourth-order valence-electron chi connectivity index (χ4n) is 5.93. The summed E-state index contributed by atoms with van der Waals surface area (Å²) >= 11 is 6.46. The molecule has 3 fully saturated rings. The highest BCUT2D eigenvalue weighted by Gasteiger charge is 2.62. The predicted molar refractivity (Wildman–Crippen MR) is 150 cm³/mol. The lowest BCUT2D eigenvalue weighted by molar-refractivity contribution is -0.262. The Balaban J connectivity index is 1.13. The van der Waals surface area contributed by atoms with Crippen molar-refractivity contribution in [2.75, 3.05) is 64.7 Å². The molecular formula is C29H33ClF5N5O3. The number of alkyl halides is 3. The average molecular weight is 630 g/mol. The molecule has 2 amide bonds. The third kappa shape index (κ3) is 6.45. The third-order valence-corrected chi connectivity index (χ3v) is 8.85. The molecule has 234 valence electrons. The zero-order valence-electron chi connectivity index (χ0n) is 23.5. The van der Waals surface area contributed by atoms with E-state index in [4.69, 9.17) is 11.6 Å². The second-order valence-electron chi connectivity index (χ2n) is 11.5. The predicted octanol–water partition coefficient (Wildman–Crippen LogP) is 3.54. The molecule has 3 heterocycles. The lowest BCUT2D eigenvalue weighted by Gasteiger charge is -2.48. The number of aliphatic hydroxyl groups is 1. The summed E-state index contributed by atoms with van der Waals surface area (Å²) in [5, 5.41) is 14.3. The largest absolute Gasteiger partial charge is 0.430 e. The molecule has 5 rings (SSSR count). The van der Waals surface area contributed by atoms with Crippen LogP contribution >= 0.6 is 11.6 Å². The van der Waals surface area contributed by atoms with Crippen LogP contribution in [0.3, 0.4) is 0 Å². The number of likely N-dealkylation sites (N-methyl/N-ethyl adjacent to an activating group) is 1. The van der Waals surface area contributed by atoms with Crippen LogP contribution in [0, 0.1) is 11.6 Å². The van der Waals surface area contributed by atoms with E-state index in [0.29, 0.717) is 67.8 Å². The molecule has 0 spiro atoms. The van der Waals surface area contributed by atoms with Crippen molar-refractivity contribution in [3.05, 3.63) is 64.2 Å². The van der Waals surface area contributed by atoms with Gasteiger partial charge in [-0.15, -0.1) is 0 Å². The first kappa shape index (κ1) is 31.4. The van der Waals surface area contributed by atoms with Crippen LogP contribution in [0.25, 0.3) is 0 Å². The van der Waals surface area contributed by atoms with Crippen LogP contribution in [0.15, 0.2) is 36.4 Å². The van der Waals surface area contributed by atoms with Gasteiger partial charge in [0.1, 0.15) is 11.6 Å². The standard InChI is InChI=1S/C29H33ClF5N5O3/c1-37-8-10-38(11-9-37)26(41)24-3-2-21(15-25(24)30)36-22-16-40(17-22)23-4-6-39(7-5-23)27(42)28(43,29(33,34)35)18-12-19(31)14-20(32)13-18/h2-3,12-15,22-23,36,43H,4-11,16-17H2,1H3/t28-/m0/s1. The number of nitrogens with one attached hydrogen (secondary N) is 1. The summed E-state index contributed by atoms with van der Waals surface area (Å²) in [5.74, 6) is -4.41. The first-order valence-corrected chi connectivity index (χ1v) is 14.5. The Hall–Kier alpha value is -3.00. The molecule has 43 heavy (non-hydrogen) atoms. The minimum absolute atomic E-state index is 0.0138. The summed E-state index contributed by atoms with van der Waals surface area (Å²) < 4.78 is 69.2. The van der Waals surface area contributed by atoms with E-state index in [9.17, 15) is 36.6 Å². The van der Waals surface area contributed by atoms with E-state index in [-0.39, 0.29) is 31.1 Å². The number of carbonyl (C=O) groups excluding carboxylic acids is 2. The highest BCUT2D eigenvalue weighted by molar-refractivity contribution is 6.34. The molecule has 2 N–H and O–H groups in total. The van der Waals surface area contributed by atoms with Gasteiger partial charge in [-0.1, -0.05) is 11.6 Å². The summed E-state index contributed by atoms with van der Waals surface area (Å²) in [5.41, 5.74) is -4.04. The first-order valence-electron chi connectivity index (χ1n) is 14.1. The Morgan fingerprint density at radius 1 is 0.907 bits per heavy atom. The number of hydrogen-bond donors (Lipinski definition) is 2. The summed E-state index contributed by atoms with van der Waals surface area (Å²) in [7, 11) is 2.01. The Labute approximate surface area is 251 Å². The Kier molecular flexibility index (Phi) is 8.90. The number of halogens is 6. The summed E-state index contributed by atoms with van der Waals surface area (Å²) in [6, 6.07) is 6.37. The fourth-order valence-corrected chi connectivity index (χ4v) is 6.19. The number of nitrogens with zero attached hydrogens (tertiary/aromatic N) is 4. The average Bonchev–Trinajstić information content (AvgIpc) is 2.93. The van der Waals surface area contributed by atoms with Crippen LogP contribution < -0.4 is 5.32 Å². The first-order chi connectivity index (χ1) is 20.3. The number of anilines is 1. The molecular weight excluding hydrogens is 597 g/mol. The molecule has 14 heteroatoms. The van der Waals surface area contributed by atoms with Crippen LogP contribution in [-0.4, -0.2) is 114 Å². The molecule has 0 aromatic heterocycles. The van der Waals surface area contributed by atoms with Crippen molar-refractivity contribution < 1.29 is 36.6 Å². The van der Waals surface area contributed by atoms with Gasteiger partial charge in [0.05, 0.1) is 16.6 Å². The van der Waals surface area contributed by atoms with E-state index in [1.807, 2.05) is 13.1 Å². The second-order valence-corrected chi connectivity index (χ2v) is 11.9.